The molecule has 0 aromatic heterocycles. The Morgan fingerprint density at radius 3 is 2.57 bits per heavy atom. The highest BCUT2D eigenvalue weighted by Gasteiger charge is 2.26. The van der Waals surface area contributed by atoms with E-state index >= 15 is 0 Å². The Labute approximate surface area is 141 Å². The van der Waals surface area contributed by atoms with E-state index in [-0.39, 0.29) is 23.8 Å². The molecule has 1 aromatic carbocycles. The molecule has 0 saturated carbocycles. The van der Waals surface area contributed by atoms with Gasteiger partial charge in [-0.25, -0.2) is 8.42 Å². The first-order valence-electron chi connectivity index (χ1n) is 6.15. The number of sulfone groups is 1. The topological polar surface area (TPSA) is 75.3 Å². The molecule has 2 N–H and O–H groups in total. The molecule has 5 nitrogen and oxygen atoms in total. The van der Waals surface area contributed by atoms with E-state index in [2.05, 4.69) is 26.6 Å². The molecule has 0 aliphatic carbocycles. The summed E-state index contributed by atoms with van der Waals surface area (Å²) >= 11 is 15.3. The lowest BCUT2D eigenvalue weighted by atomic mass is 10.2. The fraction of sp³-hybridized carbons (Fsp3) is 0.417. The molecule has 1 aromatic rings. The second kappa shape index (κ2) is 6.83. The molecule has 2 rings (SSSR count). The zero-order valence-corrected chi connectivity index (χ0v) is 14.7. The van der Waals surface area contributed by atoms with Gasteiger partial charge in [-0.1, -0.05) is 39.1 Å². The number of rotatable bonds is 3. The lowest BCUT2D eigenvalue weighted by molar-refractivity contribution is -0.116. The number of halogens is 3. The molecule has 0 spiro atoms. The first kappa shape index (κ1) is 17.0. The van der Waals surface area contributed by atoms with Gasteiger partial charge in [-0.15, -0.1) is 0 Å². The van der Waals surface area contributed by atoms with Crippen LogP contribution in [-0.4, -0.2) is 38.4 Å². The van der Waals surface area contributed by atoms with Crippen LogP contribution in [0.2, 0.25) is 10.0 Å². The number of anilines is 1. The minimum atomic E-state index is -3.07. The second-order valence-corrected chi connectivity index (χ2v) is 8.72. The van der Waals surface area contributed by atoms with Crippen molar-refractivity contribution in [2.45, 2.75) is 12.5 Å². The normalized spacial score (nSPS) is 21.0. The van der Waals surface area contributed by atoms with Crippen molar-refractivity contribution < 1.29 is 13.2 Å². The summed E-state index contributed by atoms with van der Waals surface area (Å²) in [5.41, 5.74) is 0.324. The maximum atomic E-state index is 12.0. The molecule has 0 radical (unpaired) electrons. The summed E-state index contributed by atoms with van der Waals surface area (Å²) in [5, 5.41) is 6.26. The molecule has 9 heteroatoms. The van der Waals surface area contributed by atoms with Crippen LogP contribution < -0.4 is 10.6 Å². The molecule has 0 bridgehead atoms. The van der Waals surface area contributed by atoms with Gasteiger partial charge in [-0.2, -0.15) is 0 Å². The molecule has 1 heterocycles. The first-order valence-corrected chi connectivity index (χ1v) is 9.52. The van der Waals surface area contributed by atoms with Gasteiger partial charge in [0.25, 0.3) is 0 Å². The Kier molecular flexibility index (Phi) is 5.54. The maximum absolute atomic E-state index is 12.0. The lowest BCUT2D eigenvalue weighted by Gasteiger charge is -2.23. The van der Waals surface area contributed by atoms with E-state index in [0.29, 0.717) is 26.8 Å². The van der Waals surface area contributed by atoms with E-state index in [1.165, 1.54) is 0 Å². The highest BCUT2D eigenvalue weighted by molar-refractivity contribution is 9.10. The highest BCUT2D eigenvalue weighted by atomic mass is 79.9. The molecule has 21 heavy (non-hydrogen) atoms. The van der Waals surface area contributed by atoms with Crippen molar-refractivity contribution in [2.75, 3.05) is 23.4 Å². The fourth-order valence-electron chi connectivity index (χ4n) is 2.07. The molecule has 1 aliphatic heterocycles. The summed E-state index contributed by atoms with van der Waals surface area (Å²) in [6, 6.07) is 2.84. The Morgan fingerprint density at radius 1 is 1.38 bits per heavy atom. The Hall–Kier alpha value is -0.340. The number of nitrogens with one attached hydrogen (secondary N) is 2. The maximum Gasteiger partial charge on any atom is 0.226 e. The SMILES string of the molecule is O=C(CC1CS(=O)(=O)CCN1)Nc1c(Cl)cc(Br)cc1Cl. The summed E-state index contributed by atoms with van der Waals surface area (Å²) in [7, 11) is -3.07. The second-order valence-electron chi connectivity index (χ2n) is 4.76. The minimum absolute atomic E-state index is 0.0395. The summed E-state index contributed by atoms with van der Waals surface area (Å²) in [6.45, 7) is 0.361. The van der Waals surface area contributed by atoms with Gasteiger partial charge in [0.15, 0.2) is 9.84 Å². The Morgan fingerprint density at radius 2 is 2.00 bits per heavy atom. The van der Waals surface area contributed by atoms with E-state index in [9.17, 15) is 13.2 Å². The number of carbonyl (C=O) groups excluding carboxylic acids is 1. The van der Waals surface area contributed by atoms with Crippen molar-refractivity contribution in [1.29, 1.82) is 0 Å². The molecule has 1 amide bonds. The molecule has 1 saturated heterocycles. The zero-order chi connectivity index (χ0) is 15.6. The van der Waals surface area contributed by atoms with Gasteiger partial charge < -0.3 is 10.6 Å². The summed E-state index contributed by atoms with van der Waals surface area (Å²) in [5.74, 6) is -0.270. The average Bonchev–Trinajstić information content (AvgIpc) is 2.32. The predicted molar refractivity (Wildman–Crippen MR) is 87.9 cm³/mol. The largest absolute Gasteiger partial charge is 0.323 e. The van der Waals surface area contributed by atoms with Gasteiger partial charge >= 0.3 is 0 Å². The Bertz CT molecular complexity index is 643. The first-order chi connectivity index (χ1) is 9.77. The third-order valence-corrected chi connectivity index (χ3v) is 5.79. The van der Waals surface area contributed by atoms with Crippen molar-refractivity contribution in [3.05, 3.63) is 26.7 Å². The molecule has 116 valence electrons. The van der Waals surface area contributed by atoms with Crippen LogP contribution in [0.4, 0.5) is 5.69 Å². The monoisotopic (exact) mass is 414 g/mol. The van der Waals surface area contributed by atoms with E-state index < -0.39 is 15.9 Å². The van der Waals surface area contributed by atoms with E-state index in [4.69, 9.17) is 23.2 Å². The van der Waals surface area contributed by atoms with Crippen LogP contribution in [0.3, 0.4) is 0 Å². The van der Waals surface area contributed by atoms with Crippen LogP contribution >= 0.6 is 39.1 Å². The highest BCUT2D eigenvalue weighted by Crippen LogP contribution is 2.33. The van der Waals surface area contributed by atoms with E-state index in [0.717, 1.165) is 0 Å². The smallest absolute Gasteiger partial charge is 0.226 e. The zero-order valence-electron chi connectivity index (χ0n) is 10.8. The van der Waals surface area contributed by atoms with Crippen molar-refractivity contribution in [3.63, 3.8) is 0 Å². The fourth-order valence-corrected chi connectivity index (χ4v) is 4.82. The van der Waals surface area contributed by atoms with Crippen LogP contribution in [0, 0.1) is 0 Å². The molecular formula is C12H13BrCl2N2O3S. The predicted octanol–water partition coefficient (Wildman–Crippen LogP) is 2.47. The standard InChI is InChI=1S/C12H13BrCl2N2O3S/c13-7-3-9(14)12(10(15)4-7)17-11(18)5-8-6-21(19,20)2-1-16-8/h3-4,8,16H,1-2,5-6H2,(H,17,18). The minimum Gasteiger partial charge on any atom is -0.323 e. The van der Waals surface area contributed by atoms with Crippen molar-refractivity contribution in [1.82, 2.24) is 5.32 Å². The summed E-state index contributed by atoms with van der Waals surface area (Å²) < 4.78 is 23.8. The van der Waals surface area contributed by atoms with Crippen molar-refractivity contribution in [3.8, 4) is 0 Å². The van der Waals surface area contributed by atoms with Gasteiger partial charge in [-0.05, 0) is 12.1 Å². The van der Waals surface area contributed by atoms with Gasteiger partial charge in [0.2, 0.25) is 5.91 Å². The molecule has 1 fully saturated rings. The van der Waals surface area contributed by atoms with Gasteiger partial charge in [0, 0.05) is 23.5 Å². The van der Waals surface area contributed by atoms with Gasteiger partial charge in [0.1, 0.15) is 0 Å². The van der Waals surface area contributed by atoms with Crippen LogP contribution in [0.25, 0.3) is 0 Å². The van der Waals surface area contributed by atoms with Crippen molar-refractivity contribution in [2.24, 2.45) is 0 Å². The van der Waals surface area contributed by atoms with Crippen molar-refractivity contribution >= 4 is 60.6 Å². The van der Waals surface area contributed by atoms with Gasteiger partial charge in [0.05, 0.1) is 27.2 Å². The quantitative estimate of drug-likeness (QED) is 0.795. The van der Waals surface area contributed by atoms with Gasteiger partial charge in [-0.3, -0.25) is 4.79 Å². The van der Waals surface area contributed by atoms with Crippen LogP contribution in [0.15, 0.2) is 16.6 Å². The number of amides is 1. The summed E-state index contributed by atoms with van der Waals surface area (Å²) in [4.78, 5) is 12.0. The third-order valence-electron chi connectivity index (χ3n) is 3.00. The van der Waals surface area contributed by atoms with Crippen LogP contribution in [0.5, 0.6) is 0 Å². The number of hydrogen-bond donors (Lipinski definition) is 2. The molecular weight excluding hydrogens is 403 g/mol. The van der Waals surface area contributed by atoms with E-state index in [1.807, 2.05) is 0 Å². The number of hydrogen-bond acceptors (Lipinski definition) is 4. The Balaban J connectivity index is 2.02. The average molecular weight is 416 g/mol. The van der Waals surface area contributed by atoms with E-state index in [1.54, 1.807) is 12.1 Å². The number of benzene rings is 1. The molecule has 1 aliphatic rings. The lowest BCUT2D eigenvalue weighted by Crippen LogP contribution is -2.46. The third kappa shape index (κ3) is 4.82. The molecule has 1 unspecified atom stereocenters. The molecule has 1 atom stereocenters. The van der Waals surface area contributed by atoms with Crippen LogP contribution in [-0.2, 0) is 14.6 Å². The van der Waals surface area contributed by atoms with Crippen LogP contribution in [0.1, 0.15) is 6.42 Å². The number of carbonyl (C=O) groups is 1. The summed E-state index contributed by atoms with van der Waals surface area (Å²) in [6.07, 6.45) is 0.0436.